The van der Waals surface area contributed by atoms with Crippen LogP contribution in [0.25, 0.3) is 0 Å². The summed E-state index contributed by atoms with van der Waals surface area (Å²) in [6, 6.07) is -4.99. The molecule has 0 bridgehead atoms. The molecule has 3 fully saturated rings. The largest absolute Gasteiger partial charge is 0.457 e. The van der Waals surface area contributed by atoms with E-state index in [1.165, 1.54) is 6.92 Å². The number of nitrogens with one attached hydrogen (secondary N) is 6. The van der Waals surface area contributed by atoms with Gasteiger partial charge in [0.25, 0.3) is 0 Å². The molecule has 80 heavy (non-hydrogen) atoms. The third kappa shape index (κ3) is 24.3. The first-order chi connectivity index (χ1) is 36.5. The number of rotatable bonds is 18. The molecular weight excluding hydrogens is 1060 g/mol. The Morgan fingerprint density at radius 2 is 1.07 bits per heavy atom. The molecular formula is C52H91N7O21. The Bertz CT molecular complexity index is 2120. The van der Waals surface area contributed by atoms with Crippen LogP contribution in [0.2, 0.25) is 0 Å². The SMILES string of the molecule is CC(=O)O[C@H]1C(C(O)C[N+](=O)[O-])O[C@@H](O[C@H]2C(O)C(O[C@@H]3OC(CNC(=O)OC(C)(C)C)CCC3NC(=O)OC(C)(C)C)[C@@H](NC(=O)OC(C)(C)C)C[C@H]2NC(=O)[C@@H](C)CCNC(=O)OC(C)(C)C)C(C)[C@H]1NC(=O)OC(C)(C)C. The fraction of sp³-hybridized carbons (Fsp3) is 0.865. The van der Waals surface area contributed by atoms with Crippen molar-refractivity contribution in [3.8, 4) is 0 Å². The predicted octanol–water partition coefficient (Wildman–Crippen LogP) is 4.20. The van der Waals surface area contributed by atoms with Crippen LogP contribution in [0.15, 0.2) is 0 Å². The van der Waals surface area contributed by atoms with Crippen LogP contribution in [0.3, 0.4) is 0 Å². The maximum Gasteiger partial charge on any atom is 0.408 e. The molecule has 2 aliphatic heterocycles. The molecule has 2 heterocycles. The number of hydrogen-bond acceptors (Lipinski definition) is 21. The minimum Gasteiger partial charge on any atom is -0.457 e. The highest BCUT2D eigenvalue weighted by Crippen LogP contribution is 2.37. The zero-order valence-electron chi connectivity index (χ0n) is 49.7. The molecule has 0 spiro atoms. The average Bonchev–Trinajstić information content (AvgIpc) is 3.24. The van der Waals surface area contributed by atoms with Gasteiger partial charge < -0.3 is 89.5 Å². The summed E-state index contributed by atoms with van der Waals surface area (Å²) in [4.78, 5) is 104. The van der Waals surface area contributed by atoms with Crippen molar-refractivity contribution in [2.45, 2.75) is 258 Å². The van der Waals surface area contributed by atoms with Crippen LogP contribution in [0.1, 0.15) is 150 Å². The van der Waals surface area contributed by atoms with Crippen molar-refractivity contribution in [3.05, 3.63) is 10.1 Å². The molecule has 8 N–H and O–H groups in total. The molecule has 28 nitrogen and oxygen atoms in total. The molecule has 6 amide bonds. The molecule has 7 unspecified atom stereocenters. The van der Waals surface area contributed by atoms with Crippen molar-refractivity contribution < 1.29 is 96.1 Å². The van der Waals surface area contributed by atoms with E-state index in [9.17, 15) is 53.9 Å². The first kappa shape index (κ1) is 68.7. The Morgan fingerprint density at radius 3 is 1.56 bits per heavy atom. The van der Waals surface area contributed by atoms with Crippen LogP contribution in [0.5, 0.6) is 0 Å². The number of aliphatic hydroxyl groups excluding tert-OH is 2. The highest BCUT2D eigenvalue weighted by atomic mass is 16.7. The van der Waals surface area contributed by atoms with E-state index in [1.54, 1.807) is 111 Å². The summed E-state index contributed by atoms with van der Waals surface area (Å²) in [6.07, 6.45) is -18.7. The molecule has 0 aromatic carbocycles. The van der Waals surface area contributed by atoms with Crippen molar-refractivity contribution in [2.75, 3.05) is 19.6 Å². The number of amides is 6. The van der Waals surface area contributed by atoms with Gasteiger partial charge >= 0.3 is 36.4 Å². The molecule has 2 saturated heterocycles. The van der Waals surface area contributed by atoms with Gasteiger partial charge in [-0.25, -0.2) is 24.0 Å². The van der Waals surface area contributed by atoms with Gasteiger partial charge in [0.2, 0.25) is 12.5 Å². The van der Waals surface area contributed by atoms with Gasteiger partial charge in [-0.1, -0.05) is 13.8 Å². The number of hydrogen-bond donors (Lipinski definition) is 8. The summed E-state index contributed by atoms with van der Waals surface area (Å²) in [6.45, 7) is 27.6. The van der Waals surface area contributed by atoms with E-state index in [0.717, 1.165) is 6.92 Å². The number of ether oxygens (including phenoxy) is 10. The smallest absolute Gasteiger partial charge is 0.408 e. The molecule has 1 saturated carbocycles. The third-order valence-corrected chi connectivity index (χ3v) is 12.0. The van der Waals surface area contributed by atoms with E-state index in [2.05, 4.69) is 31.9 Å². The van der Waals surface area contributed by atoms with Crippen LogP contribution >= 0.6 is 0 Å². The molecule has 28 heteroatoms. The molecule has 0 aromatic heterocycles. The van der Waals surface area contributed by atoms with Crippen molar-refractivity contribution >= 4 is 42.3 Å². The highest BCUT2D eigenvalue weighted by molar-refractivity contribution is 5.79. The number of nitrogens with zero attached hydrogens (tertiary/aromatic N) is 1. The minimum atomic E-state index is -2.01. The van der Waals surface area contributed by atoms with Gasteiger partial charge in [0.05, 0.1) is 30.3 Å². The van der Waals surface area contributed by atoms with Gasteiger partial charge in [0, 0.05) is 36.8 Å². The summed E-state index contributed by atoms with van der Waals surface area (Å²) >= 11 is 0. The Balaban J connectivity index is 2.25. The lowest BCUT2D eigenvalue weighted by molar-refractivity contribution is -0.495. The second kappa shape index (κ2) is 28.4. The molecule has 460 valence electrons. The molecule has 15 atom stereocenters. The third-order valence-electron chi connectivity index (χ3n) is 12.0. The van der Waals surface area contributed by atoms with E-state index in [0.29, 0.717) is 0 Å². The molecule has 1 aliphatic carbocycles. The lowest BCUT2D eigenvalue weighted by atomic mass is 9.82. The topological polar surface area (TPSA) is 368 Å². The van der Waals surface area contributed by atoms with Gasteiger partial charge in [-0.05, 0) is 130 Å². The van der Waals surface area contributed by atoms with Crippen LogP contribution < -0.4 is 31.9 Å². The standard InChI is InChI=1S/C52H91N7O21/c1-26(21-22-53-43(64)76-48(4,5)6)40(63)55-31-23-32(57-46(67)79-51(13,14)15)37(74-42-30(56-45(66)78-50(10,11)12)20-19-29(72-42)24-54-44(65)77-49(7,8)9)35(62)36(31)73-41-27(2)34(58-47(68)80-52(16,17)18)39(71-28(3)60)38(75-41)33(61)25-59(69)70/h26-27,29-39,41-42,61-62H,19-25H2,1-18H3,(H,53,64)(H,54,65)(H,55,63)(H,56,66)(H,57,67)(H,58,68)/t26-,27?,29?,30?,31+,32-,33?,34+,35?,36+,37?,38?,39+,41+,42-/m0/s1. The summed E-state index contributed by atoms with van der Waals surface area (Å²) < 4.78 is 59.2. The highest BCUT2D eigenvalue weighted by Gasteiger charge is 2.55. The first-order valence-electron chi connectivity index (χ1n) is 27.0. The fourth-order valence-corrected chi connectivity index (χ4v) is 8.75. The van der Waals surface area contributed by atoms with E-state index in [-0.39, 0.29) is 38.8 Å². The second-order valence-electron chi connectivity index (χ2n) is 25.4. The van der Waals surface area contributed by atoms with Gasteiger partial charge in [0.15, 0.2) is 18.7 Å². The zero-order valence-corrected chi connectivity index (χ0v) is 49.7. The number of alkyl carbamates (subject to hydrolysis) is 5. The Kier molecular flexibility index (Phi) is 24.4. The van der Waals surface area contributed by atoms with Crippen molar-refractivity contribution in [2.24, 2.45) is 11.8 Å². The van der Waals surface area contributed by atoms with Gasteiger partial charge in [0.1, 0.15) is 58.5 Å². The van der Waals surface area contributed by atoms with Crippen LogP contribution in [-0.2, 0) is 57.0 Å². The average molecular weight is 1150 g/mol. The Morgan fingerprint density at radius 1 is 0.625 bits per heavy atom. The Labute approximate surface area is 468 Å². The number of nitro groups is 1. The quantitative estimate of drug-likeness (QED) is 0.0412. The Hall–Kier alpha value is -5.55. The lowest BCUT2D eigenvalue weighted by Gasteiger charge is -2.50. The molecule has 0 aromatic rings. The van der Waals surface area contributed by atoms with Crippen LogP contribution in [-0.4, -0.2) is 185 Å². The van der Waals surface area contributed by atoms with Crippen molar-refractivity contribution in [1.82, 2.24) is 31.9 Å². The van der Waals surface area contributed by atoms with Gasteiger partial charge in [-0.15, -0.1) is 0 Å². The number of esters is 1. The second-order valence-corrected chi connectivity index (χ2v) is 25.4. The zero-order chi connectivity index (χ0) is 61.0. The monoisotopic (exact) mass is 1150 g/mol. The maximum absolute atomic E-state index is 14.3. The molecule has 3 rings (SSSR count). The summed E-state index contributed by atoms with van der Waals surface area (Å²) in [5.74, 6) is -3.50. The minimum absolute atomic E-state index is 0.000459. The van der Waals surface area contributed by atoms with Crippen LogP contribution in [0.4, 0.5) is 24.0 Å². The summed E-state index contributed by atoms with van der Waals surface area (Å²) in [5, 5.41) is 52.5. The lowest BCUT2D eigenvalue weighted by Crippen LogP contribution is -2.70. The van der Waals surface area contributed by atoms with Gasteiger partial charge in [-0.2, -0.15) is 0 Å². The van der Waals surface area contributed by atoms with E-state index >= 15 is 0 Å². The molecule has 0 radical (unpaired) electrons. The van der Waals surface area contributed by atoms with E-state index in [4.69, 9.17) is 47.4 Å². The predicted molar refractivity (Wildman–Crippen MR) is 283 cm³/mol. The fourth-order valence-electron chi connectivity index (χ4n) is 8.75. The molecule has 3 aliphatic rings. The van der Waals surface area contributed by atoms with Crippen LogP contribution in [0, 0.1) is 22.0 Å². The number of carbonyl (C=O) groups is 7. The number of carbonyl (C=O) groups excluding carboxylic acids is 7. The van der Waals surface area contributed by atoms with E-state index < -0.39 is 173 Å². The summed E-state index contributed by atoms with van der Waals surface area (Å²) in [5.41, 5.74) is -4.66. The maximum atomic E-state index is 14.3. The van der Waals surface area contributed by atoms with E-state index in [1.807, 2.05) is 0 Å². The number of aliphatic hydroxyl groups is 2. The summed E-state index contributed by atoms with van der Waals surface area (Å²) in [7, 11) is 0. The van der Waals surface area contributed by atoms with Crippen molar-refractivity contribution in [1.29, 1.82) is 0 Å². The van der Waals surface area contributed by atoms with Crippen molar-refractivity contribution in [3.63, 3.8) is 0 Å². The normalized spacial score (nSPS) is 28.3. The first-order valence-corrected chi connectivity index (χ1v) is 27.0. The van der Waals surface area contributed by atoms with Gasteiger partial charge in [-0.3, -0.25) is 19.7 Å².